The molecule has 0 heterocycles. The van der Waals surface area contributed by atoms with Crippen LogP contribution in [0.3, 0.4) is 0 Å². The highest BCUT2D eigenvalue weighted by molar-refractivity contribution is 9.10. The van der Waals surface area contributed by atoms with Crippen LogP contribution in [0.1, 0.15) is 25.3 Å². The third-order valence-electron chi connectivity index (χ3n) is 1.98. The fourth-order valence-corrected chi connectivity index (χ4v) is 1.82. The molecule has 1 rings (SSSR count). The monoisotopic (exact) mass is 242 g/mol. The number of aliphatic hydroxyl groups excluding tert-OH is 1. The number of aliphatic hydroxyl groups is 1. The summed E-state index contributed by atoms with van der Waals surface area (Å²) in [5, 5.41) is 9.58. The van der Waals surface area contributed by atoms with Crippen LogP contribution >= 0.6 is 15.9 Å². The molecule has 1 aromatic rings. The van der Waals surface area contributed by atoms with Gasteiger partial charge in [0.1, 0.15) is 0 Å². The van der Waals surface area contributed by atoms with Crippen molar-refractivity contribution in [3.05, 3.63) is 34.3 Å². The van der Waals surface area contributed by atoms with E-state index in [9.17, 15) is 5.11 Å². The number of rotatable bonds is 4. The Labute approximate surface area is 87.9 Å². The molecule has 2 heteroatoms. The van der Waals surface area contributed by atoms with E-state index in [2.05, 4.69) is 28.9 Å². The molecule has 1 N–H and O–H groups in total. The average molecular weight is 243 g/mol. The summed E-state index contributed by atoms with van der Waals surface area (Å²) < 4.78 is 1.08. The van der Waals surface area contributed by atoms with E-state index in [0.717, 1.165) is 23.7 Å². The molecular weight excluding hydrogens is 228 g/mol. The summed E-state index contributed by atoms with van der Waals surface area (Å²) >= 11 is 3.41. The van der Waals surface area contributed by atoms with Crippen LogP contribution in [0.15, 0.2) is 28.7 Å². The summed E-state index contributed by atoms with van der Waals surface area (Å²) in [6, 6.07) is 8.09. The van der Waals surface area contributed by atoms with Crippen molar-refractivity contribution in [1.29, 1.82) is 0 Å². The molecule has 72 valence electrons. The maximum Gasteiger partial charge on any atom is 0.0580 e. The first-order valence-electron chi connectivity index (χ1n) is 4.65. The molecule has 13 heavy (non-hydrogen) atoms. The van der Waals surface area contributed by atoms with E-state index in [4.69, 9.17) is 0 Å². The molecule has 0 fully saturated rings. The third kappa shape index (κ3) is 3.92. The molecule has 0 bridgehead atoms. The molecule has 0 aliphatic heterocycles. The topological polar surface area (TPSA) is 20.2 Å². The molecule has 1 nitrogen and oxygen atoms in total. The number of hydrogen-bond donors (Lipinski definition) is 1. The van der Waals surface area contributed by atoms with Gasteiger partial charge in [-0.05, 0) is 30.5 Å². The Morgan fingerprint density at radius 3 is 2.85 bits per heavy atom. The summed E-state index contributed by atoms with van der Waals surface area (Å²) in [5.41, 5.74) is 1.19. The van der Waals surface area contributed by atoms with Crippen LogP contribution in [0.5, 0.6) is 0 Å². The fourth-order valence-electron chi connectivity index (χ4n) is 1.37. The predicted octanol–water partition coefficient (Wildman–Crippen LogP) is 3.15. The van der Waals surface area contributed by atoms with Crippen LogP contribution < -0.4 is 0 Å². The van der Waals surface area contributed by atoms with Crippen molar-refractivity contribution < 1.29 is 5.11 Å². The Morgan fingerprint density at radius 2 is 2.23 bits per heavy atom. The van der Waals surface area contributed by atoms with Gasteiger partial charge >= 0.3 is 0 Å². The molecule has 0 aliphatic rings. The molecule has 0 amide bonds. The standard InChI is InChI=1S/C11H15BrO/c1-2-4-11(13)8-9-5-3-6-10(12)7-9/h3,5-7,11,13H,2,4,8H2,1H3/t11-/m1/s1. The molecule has 0 unspecified atom stereocenters. The Kier molecular flexibility index (Phi) is 4.46. The molecule has 0 spiro atoms. The Balaban J connectivity index is 2.53. The highest BCUT2D eigenvalue weighted by atomic mass is 79.9. The Bertz CT molecular complexity index is 260. The van der Waals surface area contributed by atoms with Crippen molar-refractivity contribution in [2.75, 3.05) is 0 Å². The van der Waals surface area contributed by atoms with Crippen LogP contribution in [-0.2, 0) is 6.42 Å². The van der Waals surface area contributed by atoms with Gasteiger partial charge in [0.05, 0.1) is 6.10 Å². The highest BCUT2D eigenvalue weighted by Crippen LogP contribution is 2.14. The second-order valence-corrected chi connectivity index (χ2v) is 4.19. The van der Waals surface area contributed by atoms with Gasteiger partial charge in [0.15, 0.2) is 0 Å². The van der Waals surface area contributed by atoms with Crippen LogP contribution in [0, 0.1) is 0 Å². The zero-order valence-corrected chi connectivity index (χ0v) is 9.42. The van der Waals surface area contributed by atoms with Crippen molar-refractivity contribution in [3.8, 4) is 0 Å². The van der Waals surface area contributed by atoms with Gasteiger partial charge in [-0.3, -0.25) is 0 Å². The Morgan fingerprint density at radius 1 is 1.46 bits per heavy atom. The third-order valence-corrected chi connectivity index (χ3v) is 2.48. The summed E-state index contributed by atoms with van der Waals surface area (Å²) in [4.78, 5) is 0. The number of hydrogen-bond acceptors (Lipinski definition) is 1. The van der Waals surface area contributed by atoms with Crippen LogP contribution in [-0.4, -0.2) is 11.2 Å². The van der Waals surface area contributed by atoms with Gasteiger partial charge in [0, 0.05) is 4.47 Å². The van der Waals surface area contributed by atoms with Gasteiger partial charge in [-0.2, -0.15) is 0 Å². The summed E-state index contributed by atoms with van der Waals surface area (Å²) in [7, 11) is 0. The lowest BCUT2D eigenvalue weighted by Gasteiger charge is -2.08. The van der Waals surface area contributed by atoms with E-state index in [1.807, 2.05) is 18.2 Å². The minimum Gasteiger partial charge on any atom is -0.393 e. The van der Waals surface area contributed by atoms with Crippen LogP contribution in [0.25, 0.3) is 0 Å². The summed E-state index contributed by atoms with van der Waals surface area (Å²) in [5.74, 6) is 0. The maximum absolute atomic E-state index is 9.58. The minimum absolute atomic E-state index is 0.195. The predicted molar refractivity (Wildman–Crippen MR) is 58.8 cm³/mol. The molecule has 1 atom stereocenters. The first-order chi connectivity index (χ1) is 6.22. The van der Waals surface area contributed by atoms with Gasteiger partial charge in [-0.15, -0.1) is 0 Å². The zero-order chi connectivity index (χ0) is 9.68. The van der Waals surface area contributed by atoms with Crippen molar-refractivity contribution >= 4 is 15.9 Å². The minimum atomic E-state index is -0.195. The first-order valence-corrected chi connectivity index (χ1v) is 5.44. The maximum atomic E-state index is 9.58. The van der Waals surface area contributed by atoms with Gasteiger partial charge < -0.3 is 5.11 Å². The number of halogens is 1. The molecule has 0 saturated carbocycles. The van der Waals surface area contributed by atoms with E-state index in [0.29, 0.717) is 0 Å². The lowest BCUT2D eigenvalue weighted by molar-refractivity contribution is 0.164. The molecular formula is C11H15BrO. The molecule has 0 radical (unpaired) electrons. The normalized spacial score (nSPS) is 12.8. The van der Waals surface area contributed by atoms with E-state index >= 15 is 0 Å². The van der Waals surface area contributed by atoms with Crippen LogP contribution in [0.2, 0.25) is 0 Å². The molecule has 0 aliphatic carbocycles. The zero-order valence-electron chi connectivity index (χ0n) is 7.83. The molecule has 0 aromatic heterocycles. The smallest absolute Gasteiger partial charge is 0.0580 e. The summed E-state index contributed by atoms with van der Waals surface area (Å²) in [6.07, 6.45) is 2.48. The van der Waals surface area contributed by atoms with Gasteiger partial charge in [0.25, 0.3) is 0 Å². The van der Waals surface area contributed by atoms with Gasteiger partial charge in [-0.1, -0.05) is 41.4 Å². The lowest BCUT2D eigenvalue weighted by atomic mass is 10.1. The average Bonchev–Trinajstić information content (AvgIpc) is 2.04. The van der Waals surface area contributed by atoms with Crippen molar-refractivity contribution in [1.82, 2.24) is 0 Å². The fraction of sp³-hybridized carbons (Fsp3) is 0.455. The summed E-state index contributed by atoms with van der Waals surface area (Å²) in [6.45, 7) is 2.09. The van der Waals surface area contributed by atoms with Crippen molar-refractivity contribution in [2.45, 2.75) is 32.3 Å². The first kappa shape index (κ1) is 10.7. The SMILES string of the molecule is CCC[C@@H](O)Cc1cccc(Br)c1. The van der Waals surface area contributed by atoms with E-state index in [-0.39, 0.29) is 6.10 Å². The van der Waals surface area contributed by atoms with E-state index in [1.54, 1.807) is 0 Å². The van der Waals surface area contributed by atoms with E-state index in [1.165, 1.54) is 5.56 Å². The largest absolute Gasteiger partial charge is 0.393 e. The van der Waals surface area contributed by atoms with Crippen LogP contribution in [0.4, 0.5) is 0 Å². The van der Waals surface area contributed by atoms with E-state index < -0.39 is 0 Å². The van der Waals surface area contributed by atoms with Crippen molar-refractivity contribution in [2.24, 2.45) is 0 Å². The quantitative estimate of drug-likeness (QED) is 0.861. The second kappa shape index (κ2) is 5.40. The van der Waals surface area contributed by atoms with Gasteiger partial charge in [0.2, 0.25) is 0 Å². The Hall–Kier alpha value is -0.340. The van der Waals surface area contributed by atoms with Crippen molar-refractivity contribution in [3.63, 3.8) is 0 Å². The van der Waals surface area contributed by atoms with Gasteiger partial charge in [-0.25, -0.2) is 0 Å². The lowest BCUT2D eigenvalue weighted by Crippen LogP contribution is -2.09. The second-order valence-electron chi connectivity index (χ2n) is 3.28. The molecule has 1 aromatic carbocycles. The number of benzene rings is 1. The molecule has 0 saturated heterocycles. The highest BCUT2D eigenvalue weighted by Gasteiger charge is 2.03.